The van der Waals surface area contributed by atoms with Crippen molar-refractivity contribution < 1.29 is 14.1 Å². The molecule has 0 aliphatic rings. The lowest BCUT2D eigenvalue weighted by Crippen LogP contribution is -2.30. The summed E-state index contributed by atoms with van der Waals surface area (Å²) in [6.07, 6.45) is -0.0177. The van der Waals surface area contributed by atoms with Gasteiger partial charge in [-0.2, -0.15) is 4.98 Å². The van der Waals surface area contributed by atoms with Crippen molar-refractivity contribution >= 4 is 23.2 Å². The van der Waals surface area contributed by atoms with Crippen molar-refractivity contribution in [2.45, 2.75) is 26.4 Å². The predicted molar refractivity (Wildman–Crippen MR) is 99.3 cm³/mol. The Hall–Kier alpha value is -2.86. The van der Waals surface area contributed by atoms with Crippen LogP contribution < -0.4 is 10.1 Å². The van der Waals surface area contributed by atoms with Crippen LogP contribution in [0.4, 0.5) is 5.69 Å². The molecule has 0 bridgehead atoms. The molecule has 26 heavy (non-hydrogen) atoms. The molecule has 134 valence electrons. The van der Waals surface area contributed by atoms with Crippen LogP contribution in [0.3, 0.4) is 0 Å². The third-order valence-electron chi connectivity index (χ3n) is 3.64. The Bertz CT molecular complexity index is 910. The monoisotopic (exact) mass is 371 g/mol. The van der Waals surface area contributed by atoms with E-state index in [9.17, 15) is 4.79 Å². The van der Waals surface area contributed by atoms with Gasteiger partial charge in [0.05, 0.1) is 0 Å². The van der Waals surface area contributed by atoms with Gasteiger partial charge in [0.15, 0.2) is 6.10 Å². The molecule has 1 N–H and O–H groups in total. The van der Waals surface area contributed by atoms with Crippen molar-refractivity contribution in [1.82, 2.24) is 10.1 Å². The van der Waals surface area contributed by atoms with E-state index in [1.807, 2.05) is 19.1 Å². The predicted octanol–water partition coefficient (Wildman–Crippen LogP) is 4.36. The molecule has 0 spiro atoms. The Kier molecular flexibility index (Phi) is 5.53. The fourth-order valence-corrected chi connectivity index (χ4v) is 2.47. The quantitative estimate of drug-likeness (QED) is 0.696. The van der Waals surface area contributed by atoms with Gasteiger partial charge in [-0.1, -0.05) is 41.9 Å². The number of halogens is 1. The van der Waals surface area contributed by atoms with Gasteiger partial charge in [0.2, 0.25) is 11.7 Å². The molecule has 1 heterocycles. The maximum Gasteiger partial charge on any atom is 0.265 e. The van der Waals surface area contributed by atoms with Crippen LogP contribution in [0.2, 0.25) is 5.02 Å². The molecule has 6 nitrogen and oxygen atoms in total. The first-order valence-electron chi connectivity index (χ1n) is 8.21. The van der Waals surface area contributed by atoms with Crippen molar-refractivity contribution in [2.24, 2.45) is 0 Å². The standard InChI is InChI=1S/C19H18ClN3O3/c1-3-17-22-18(23-26-17)13-6-4-8-15(10-13)21-19(24)12(2)25-16-9-5-7-14(20)11-16/h4-12H,3H2,1-2H3,(H,21,24). The summed E-state index contributed by atoms with van der Waals surface area (Å²) in [4.78, 5) is 16.7. The summed E-state index contributed by atoms with van der Waals surface area (Å²) in [6, 6.07) is 14.2. The van der Waals surface area contributed by atoms with Crippen molar-refractivity contribution in [3.63, 3.8) is 0 Å². The van der Waals surface area contributed by atoms with Crippen LogP contribution in [0.15, 0.2) is 53.1 Å². The van der Waals surface area contributed by atoms with Gasteiger partial charge in [0, 0.05) is 22.7 Å². The highest BCUT2D eigenvalue weighted by atomic mass is 35.5. The molecule has 0 aliphatic carbocycles. The zero-order valence-corrected chi connectivity index (χ0v) is 15.2. The number of ether oxygens (including phenoxy) is 1. The van der Waals surface area contributed by atoms with Crippen LogP contribution in [0.1, 0.15) is 19.7 Å². The number of benzene rings is 2. The minimum atomic E-state index is -0.686. The summed E-state index contributed by atoms with van der Waals surface area (Å²) in [7, 11) is 0. The van der Waals surface area contributed by atoms with E-state index in [2.05, 4.69) is 15.5 Å². The number of nitrogens with one attached hydrogen (secondary N) is 1. The van der Waals surface area contributed by atoms with Gasteiger partial charge in [-0.25, -0.2) is 0 Å². The van der Waals surface area contributed by atoms with E-state index in [0.29, 0.717) is 34.6 Å². The average Bonchev–Trinajstić information content (AvgIpc) is 3.11. The maximum absolute atomic E-state index is 12.4. The first-order valence-corrected chi connectivity index (χ1v) is 8.59. The lowest BCUT2D eigenvalue weighted by molar-refractivity contribution is -0.122. The lowest BCUT2D eigenvalue weighted by atomic mass is 10.2. The Labute approximate surface area is 156 Å². The molecule has 0 saturated heterocycles. The fraction of sp³-hybridized carbons (Fsp3) is 0.211. The summed E-state index contributed by atoms with van der Waals surface area (Å²) in [5.74, 6) is 1.32. The zero-order chi connectivity index (χ0) is 18.5. The second kappa shape index (κ2) is 8.01. The molecule has 1 atom stereocenters. The molecular formula is C19H18ClN3O3. The molecule has 7 heteroatoms. The maximum atomic E-state index is 12.4. The number of aryl methyl sites for hydroxylation is 1. The molecule has 3 rings (SSSR count). The van der Waals surface area contributed by atoms with Gasteiger partial charge in [-0.3, -0.25) is 4.79 Å². The minimum Gasteiger partial charge on any atom is -0.481 e. The average molecular weight is 372 g/mol. The van der Waals surface area contributed by atoms with Gasteiger partial charge >= 0.3 is 0 Å². The van der Waals surface area contributed by atoms with Crippen molar-refractivity contribution in [1.29, 1.82) is 0 Å². The van der Waals surface area contributed by atoms with E-state index >= 15 is 0 Å². The Balaban J connectivity index is 1.68. The summed E-state index contributed by atoms with van der Waals surface area (Å²) in [5, 5.41) is 7.32. The topological polar surface area (TPSA) is 77.2 Å². The van der Waals surface area contributed by atoms with Crippen LogP contribution in [-0.2, 0) is 11.2 Å². The minimum absolute atomic E-state index is 0.274. The van der Waals surface area contributed by atoms with Gasteiger partial charge in [-0.05, 0) is 37.3 Å². The van der Waals surface area contributed by atoms with Crippen LogP contribution >= 0.6 is 11.6 Å². The number of hydrogen-bond acceptors (Lipinski definition) is 5. The third-order valence-corrected chi connectivity index (χ3v) is 3.87. The molecule has 2 aromatic carbocycles. The highest BCUT2D eigenvalue weighted by Crippen LogP contribution is 2.21. The van der Waals surface area contributed by atoms with Gasteiger partial charge in [-0.15, -0.1) is 0 Å². The van der Waals surface area contributed by atoms with E-state index in [1.54, 1.807) is 43.3 Å². The van der Waals surface area contributed by atoms with Gasteiger partial charge in [0.25, 0.3) is 5.91 Å². The molecule has 0 saturated carbocycles. The van der Waals surface area contributed by atoms with Crippen LogP contribution in [0.5, 0.6) is 5.75 Å². The molecule has 3 aromatic rings. The number of rotatable bonds is 6. The second-order valence-electron chi connectivity index (χ2n) is 5.65. The van der Waals surface area contributed by atoms with Crippen molar-refractivity contribution in [2.75, 3.05) is 5.32 Å². The Morgan fingerprint density at radius 1 is 1.27 bits per heavy atom. The van der Waals surface area contributed by atoms with Gasteiger partial charge in [0.1, 0.15) is 5.75 Å². The van der Waals surface area contributed by atoms with E-state index in [-0.39, 0.29) is 5.91 Å². The number of carbonyl (C=O) groups is 1. The number of hydrogen-bond donors (Lipinski definition) is 1. The molecule has 1 aromatic heterocycles. The smallest absolute Gasteiger partial charge is 0.265 e. The largest absolute Gasteiger partial charge is 0.481 e. The van der Waals surface area contributed by atoms with Crippen LogP contribution in [0.25, 0.3) is 11.4 Å². The highest BCUT2D eigenvalue weighted by molar-refractivity contribution is 6.30. The molecule has 1 unspecified atom stereocenters. The summed E-state index contributed by atoms with van der Waals surface area (Å²) in [5.41, 5.74) is 1.38. The van der Waals surface area contributed by atoms with E-state index < -0.39 is 6.10 Å². The van der Waals surface area contributed by atoms with Crippen molar-refractivity contribution in [3.05, 3.63) is 59.4 Å². The lowest BCUT2D eigenvalue weighted by Gasteiger charge is -2.15. The first-order chi connectivity index (χ1) is 12.5. The number of nitrogens with zero attached hydrogens (tertiary/aromatic N) is 2. The molecule has 1 amide bonds. The number of carbonyl (C=O) groups excluding carboxylic acids is 1. The van der Waals surface area contributed by atoms with Crippen molar-refractivity contribution in [3.8, 4) is 17.1 Å². The Morgan fingerprint density at radius 3 is 2.81 bits per heavy atom. The second-order valence-corrected chi connectivity index (χ2v) is 6.09. The molecule has 0 fully saturated rings. The van der Waals surface area contributed by atoms with E-state index in [4.69, 9.17) is 20.9 Å². The summed E-state index contributed by atoms with van der Waals surface area (Å²) in [6.45, 7) is 3.61. The highest BCUT2D eigenvalue weighted by Gasteiger charge is 2.16. The Morgan fingerprint density at radius 2 is 2.08 bits per heavy atom. The number of aromatic nitrogens is 2. The van der Waals surface area contributed by atoms with E-state index in [1.165, 1.54) is 0 Å². The third kappa shape index (κ3) is 4.40. The number of anilines is 1. The first kappa shape index (κ1) is 17.9. The van der Waals surface area contributed by atoms with E-state index in [0.717, 1.165) is 5.56 Å². The SMILES string of the molecule is CCc1nc(-c2cccc(NC(=O)C(C)Oc3cccc(Cl)c3)c2)no1. The molecular weight excluding hydrogens is 354 g/mol. The number of amides is 1. The van der Waals surface area contributed by atoms with Crippen LogP contribution in [0, 0.1) is 0 Å². The summed E-state index contributed by atoms with van der Waals surface area (Å²) < 4.78 is 10.7. The normalized spacial score (nSPS) is 11.8. The molecule has 0 radical (unpaired) electrons. The van der Waals surface area contributed by atoms with Gasteiger partial charge < -0.3 is 14.6 Å². The zero-order valence-electron chi connectivity index (χ0n) is 14.4. The van der Waals surface area contributed by atoms with Crippen LogP contribution in [-0.4, -0.2) is 22.2 Å². The fourth-order valence-electron chi connectivity index (χ4n) is 2.29. The molecule has 0 aliphatic heterocycles. The summed E-state index contributed by atoms with van der Waals surface area (Å²) >= 11 is 5.93.